The fourth-order valence-electron chi connectivity index (χ4n) is 4.14. The molecule has 6 nitrogen and oxygen atoms in total. The van der Waals surface area contributed by atoms with Gasteiger partial charge < -0.3 is 24.5 Å². The predicted octanol–water partition coefficient (Wildman–Crippen LogP) is 4.28. The van der Waals surface area contributed by atoms with Gasteiger partial charge in [0.15, 0.2) is 11.5 Å². The molecule has 0 bridgehead atoms. The summed E-state index contributed by atoms with van der Waals surface area (Å²) in [7, 11) is 4.77. The molecule has 0 saturated heterocycles. The number of fused-ring (bicyclic) bond motifs is 1. The molecule has 27 heavy (non-hydrogen) atoms. The van der Waals surface area contributed by atoms with Crippen molar-refractivity contribution in [3.05, 3.63) is 17.8 Å². The van der Waals surface area contributed by atoms with Crippen molar-refractivity contribution in [2.24, 2.45) is 5.92 Å². The molecule has 1 aliphatic carbocycles. The summed E-state index contributed by atoms with van der Waals surface area (Å²) in [5, 5.41) is 4.04. The summed E-state index contributed by atoms with van der Waals surface area (Å²) >= 11 is 0. The molecule has 2 atom stereocenters. The highest BCUT2D eigenvalue weighted by molar-refractivity contribution is 6.02. The Labute approximate surface area is 160 Å². The van der Waals surface area contributed by atoms with Crippen molar-refractivity contribution in [1.82, 2.24) is 10.3 Å². The molecule has 1 fully saturated rings. The van der Waals surface area contributed by atoms with Gasteiger partial charge in [-0.25, -0.2) is 0 Å². The predicted molar refractivity (Wildman–Crippen MR) is 106 cm³/mol. The van der Waals surface area contributed by atoms with Crippen LogP contribution in [0.3, 0.4) is 0 Å². The Bertz CT molecular complexity index is 799. The van der Waals surface area contributed by atoms with Gasteiger partial charge in [0, 0.05) is 17.5 Å². The van der Waals surface area contributed by atoms with Gasteiger partial charge in [0.05, 0.1) is 26.8 Å². The van der Waals surface area contributed by atoms with Gasteiger partial charge >= 0.3 is 0 Å². The van der Waals surface area contributed by atoms with Gasteiger partial charge in [0.1, 0.15) is 11.4 Å². The maximum Gasteiger partial charge on any atom is 0.267 e. The van der Waals surface area contributed by atoms with E-state index in [-0.39, 0.29) is 11.9 Å². The lowest BCUT2D eigenvalue weighted by Gasteiger charge is -2.20. The molecule has 1 heterocycles. The molecule has 6 heteroatoms. The van der Waals surface area contributed by atoms with Gasteiger partial charge in [0.2, 0.25) is 0 Å². The van der Waals surface area contributed by atoms with E-state index in [1.54, 1.807) is 27.4 Å². The number of aromatic nitrogens is 1. The van der Waals surface area contributed by atoms with Crippen LogP contribution in [0.25, 0.3) is 10.9 Å². The third-order valence-electron chi connectivity index (χ3n) is 5.59. The molecule has 0 spiro atoms. The number of unbranched alkanes of at least 4 members (excludes halogenated alkanes) is 1. The third-order valence-corrected chi connectivity index (χ3v) is 5.59. The van der Waals surface area contributed by atoms with Gasteiger partial charge in [-0.1, -0.05) is 26.2 Å². The van der Waals surface area contributed by atoms with Crippen LogP contribution in [0.4, 0.5) is 0 Å². The SMILES string of the molecule is CCCCC1CCCC1NC(=O)c1cc2c(OC)cc(OC)c(OC)c2[nH]1. The van der Waals surface area contributed by atoms with Crippen LogP contribution < -0.4 is 19.5 Å². The van der Waals surface area contributed by atoms with Gasteiger partial charge in [-0.3, -0.25) is 4.79 Å². The van der Waals surface area contributed by atoms with Crippen molar-refractivity contribution in [3.63, 3.8) is 0 Å². The van der Waals surface area contributed by atoms with Gasteiger partial charge in [-0.05, 0) is 31.2 Å². The molecule has 0 aliphatic heterocycles. The lowest BCUT2D eigenvalue weighted by atomic mass is 9.97. The molecular weight excluding hydrogens is 344 g/mol. The molecule has 2 N–H and O–H groups in total. The maximum absolute atomic E-state index is 12.9. The fraction of sp³-hybridized carbons (Fsp3) is 0.571. The highest BCUT2D eigenvalue weighted by Gasteiger charge is 2.29. The first-order valence-corrected chi connectivity index (χ1v) is 9.75. The number of rotatable bonds is 8. The average molecular weight is 374 g/mol. The van der Waals surface area contributed by atoms with Crippen molar-refractivity contribution < 1.29 is 19.0 Å². The number of aromatic amines is 1. The summed E-state index contributed by atoms with van der Waals surface area (Å²) in [6.45, 7) is 2.21. The Hall–Kier alpha value is -2.37. The molecule has 2 unspecified atom stereocenters. The highest BCUT2D eigenvalue weighted by Crippen LogP contribution is 2.41. The number of H-pyrrole nitrogens is 1. The van der Waals surface area contributed by atoms with E-state index < -0.39 is 0 Å². The topological polar surface area (TPSA) is 72.6 Å². The number of benzene rings is 1. The van der Waals surface area contributed by atoms with Gasteiger partial charge in [0.25, 0.3) is 5.91 Å². The molecular formula is C21H30N2O4. The second kappa shape index (κ2) is 8.55. The van der Waals surface area contributed by atoms with Crippen molar-refractivity contribution >= 4 is 16.8 Å². The van der Waals surface area contributed by atoms with Crippen LogP contribution >= 0.6 is 0 Å². The van der Waals surface area contributed by atoms with E-state index in [4.69, 9.17) is 14.2 Å². The van der Waals surface area contributed by atoms with E-state index in [0.717, 1.165) is 11.8 Å². The van der Waals surface area contributed by atoms with Crippen LogP contribution in [-0.2, 0) is 0 Å². The molecule has 0 radical (unpaired) electrons. The molecule has 1 saturated carbocycles. The van der Waals surface area contributed by atoms with E-state index in [2.05, 4.69) is 17.2 Å². The lowest BCUT2D eigenvalue weighted by Crippen LogP contribution is -2.37. The third kappa shape index (κ3) is 3.84. The number of nitrogens with one attached hydrogen (secondary N) is 2. The summed E-state index contributed by atoms with van der Waals surface area (Å²) in [6, 6.07) is 3.85. The average Bonchev–Trinajstić information content (AvgIpc) is 3.31. The zero-order valence-electron chi connectivity index (χ0n) is 16.7. The van der Waals surface area contributed by atoms with Gasteiger partial charge in [-0.2, -0.15) is 0 Å². The molecule has 1 aromatic heterocycles. The standard InChI is InChI=1S/C21H30N2O4/c1-5-6-8-13-9-7-10-15(13)23-21(24)16-11-14-17(25-2)12-18(26-3)20(27-4)19(14)22-16/h11-13,15,22H,5-10H2,1-4H3,(H,23,24). The minimum atomic E-state index is -0.0809. The summed E-state index contributed by atoms with van der Waals surface area (Å²) in [4.78, 5) is 16.1. The van der Waals surface area contributed by atoms with E-state index in [0.29, 0.717) is 34.4 Å². The summed E-state index contributed by atoms with van der Waals surface area (Å²) in [5.74, 6) is 2.27. The highest BCUT2D eigenvalue weighted by atomic mass is 16.5. The molecule has 2 aromatic rings. The second-order valence-electron chi connectivity index (χ2n) is 7.20. The van der Waals surface area contributed by atoms with Crippen LogP contribution in [0.2, 0.25) is 0 Å². The van der Waals surface area contributed by atoms with Crippen LogP contribution in [-0.4, -0.2) is 38.3 Å². The number of hydrogen-bond acceptors (Lipinski definition) is 4. The number of amides is 1. The fourth-order valence-corrected chi connectivity index (χ4v) is 4.14. The Kier molecular flexibility index (Phi) is 6.14. The van der Waals surface area contributed by atoms with E-state index in [1.807, 2.05) is 6.07 Å². The second-order valence-corrected chi connectivity index (χ2v) is 7.20. The van der Waals surface area contributed by atoms with Crippen molar-refractivity contribution in [3.8, 4) is 17.2 Å². The minimum absolute atomic E-state index is 0.0809. The van der Waals surface area contributed by atoms with Crippen LogP contribution in [0, 0.1) is 5.92 Å². The largest absolute Gasteiger partial charge is 0.496 e. The van der Waals surface area contributed by atoms with Gasteiger partial charge in [-0.15, -0.1) is 0 Å². The molecule has 148 valence electrons. The number of hydrogen-bond donors (Lipinski definition) is 2. The first-order valence-electron chi connectivity index (χ1n) is 9.75. The molecule has 3 rings (SSSR count). The Morgan fingerprint density at radius 1 is 1.15 bits per heavy atom. The molecule has 1 aromatic carbocycles. The zero-order chi connectivity index (χ0) is 19.4. The monoisotopic (exact) mass is 374 g/mol. The lowest BCUT2D eigenvalue weighted by molar-refractivity contribution is 0.0922. The zero-order valence-corrected chi connectivity index (χ0v) is 16.7. The quantitative estimate of drug-likeness (QED) is 0.723. The Morgan fingerprint density at radius 2 is 1.93 bits per heavy atom. The smallest absolute Gasteiger partial charge is 0.267 e. The first kappa shape index (κ1) is 19.4. The van der Waals surface area contributed by atoms with Crippen molar-refractivity contribution in [2.45, 2.75) is 51.5 Å². The van der Waals surface area contributed by atoms with Crippen LogP contribution in [0.1, 0.15) is 55.9 Å². The van der Waals surface area contributed by atoms with Crippen molar-refractivity contribution in [1.29, 1.82) is 0 Å². The maximum atomic E-state index is 12.9. The van der Waals surface area contributed by atoms with Crippen LogP contribution in [0.5, 0.6) is 17.2 Å². The molecule has 1 aliphatic rings. The summed E-state index contributed by atoms with van der Waals surface area (Å²) < 4.78 is 16.4. The number of methoxy groups -OCH3 is 3. The minimum Gasteiger partial charge on any atom is -0.496 e. The Morgan fingerprint density at radius 3 is 2.59 bits per heavy atom. The number of carbonyl (C=O) groups is 1. The van der Waals surface area contributed by atoms with Crippen LogP contribution in [0.15, 0.2) is 12.1 Å². The Balaban J connectivity index is 1.87. The first-order chi connectivity index (χ1) is 13.1. The number of carbonyl (C=O) groups excluding carboxylic acids is 1. The van der Waals surface area contributed by atoms with E-state index >= 15 is 0 Å². The normalized spacial score (nSPS) is 19.3. The van der Waals surface area contributed by atoms with E-state index in [9.17, 15) is 4.79 Å². The van der Waals surface area contributed by atoms with Crippen molar-refractivity contribution in [2.75, 3.05) is 21.3 Å². The number of ether oxygens (including phenoxy) is 3. The molecule has 1 amide bonds. The summed E-state index contributed by atoms with van der Waals surface area (Å²) in [6.07, 6.45) is 7.05. The van der Waals surface area contributed by atoms with E-state index in [1.165, 1.54) is 32.1 Å². The summed E-state index contributed by atoms with van der Waals surface area (Å²) in [5.41, 5.74) is 1.21.